The van der Waals surface area contributed by atoms with E-state index in [0.29, 0.717) is 23.8 Å². The lowest BCUT2D eigenvalue weighted by atomic mass is 10.1. The quantitative estimate of drug-likeness (QED) is 0.907. The summed E-state index contributed by atoms with van der Waals surface area (Å²) in [5.41, 5.74) is 1.08. The van der Waals surface area contributed by atoms with Crippen molar-refractivity contribution in [2.75, 3.05) is 25.1 Å². The molecule has 0 radical (unpaired) electrons. The lowest BCUT2D eigenvalue weighted by Gasteiger charge is -2.11. The minimum Gasteiger partial charge on any atom is -0.493 e. The zero-order valence-electron chi connectivity index (χ0n) is 13.5. The van der Waals surface area contributed by atoms with Crippen molar-refractivity contribution in [3.63, 3.8) is 0 Å². The fourth-order valence-corrected chi connectivity index (χ4v) is 2.58. The number of benzene rings is 2. The molecule has 24 heavy (non-hydrogen) atoms. The number of ether oxygens (including phenoxy) is 2. The van der Waals surface area contributed by atoms with E-state index in [-0.39, 0.29) is 5.56 Å². The third-order valence-corrected chi connectivity index (χ3v) is 4.06. The third kappa shape index (κ3) is 3.92. The van der Waals surface area contributed by atoms with Gasteiger partial charge < -0.3 is 14.8 Å². The number of aryl methyl sites for hydroxylation is 1. The number of carbonyl (C=O) groups is 1. The van der Waals surface area contributed by atoms with E-state index in [2.05, 4.69) is 5.32 Å². The lowest BCUT2D eigenvalue weighted by molar-refractivity contribution is 0.102. The molecule has 1 saturated heterocycles. The van der Waals surface area contributed by atoms with Crippen molar-refractivity contribution in [2.45, 2.75) is 13.3 Å². The van der Waals surface area contributed by atoms with Crippen LogP contribution in [-0.4, -0.2) is 25.7 Å². The Bertz CT molecular complexity index is 709. The van der Waals surface area contributed by atoms with Gasteiger partial charge in [-0.25, -0.2) is 4.39 Å². The summed E-state index contributed by atoms with van der Waals surface area (Å²) in [5.74, 6) is 0.219. The molecular formula is C19H20FNO3. The molecule has 1 aliphatic rings. The molecule has 1 amide bonds. The van der Waals surface area contributed by atoms with Crippen LogP contribution in [0.25, 0.3) is 0 Å². The highest BCUT2D eigenvalue weighted by Gasteiger charge is 2.16. The molecule has 0 aromatic heterocycles. The number of hydrogen-bond donors (Lipinski definition) is 1. The standard InChI is InChI=1S/C19H20FNO3/c1-13-3-2-4-17(18(13)20)19(22)21-15-5-7-16(8-6-15)24-12-14-9-10-23-11-14/h2-8,14H,9-12H2,1H3,(H,21,22)/t14-/m0/s1. The van der Waals surface area contributed by atoms with Crippen LogP contribution in [0.2, 0.25) is 0 Å². The van der Waals surface area contributed by atoms with Gasteiger partial charge in [-0.3, -0.25) is 4.79 Å². The van der Waals surface area contributed by atoms with Crippen molar-refractivity contribution < 1.29 is 18.7 Å². The zero-order valence-corrected chi connectivity index (χ0v) is 13.5. The second-order valence-corrected chi connectivity index (χ2v) is 5.96. The molecule has 0 bridgehead atoms. The number of hydrogen-bond acceptors (Lipinski definition) is 3. The summed E-state index contributed by atoms with van der Waals surface area (Å²) >= 11 is 0. The first kappa shape index (κ1) is 16.5. The summed E-state index contributed by atoms with van der Waals surface area (Å²) in [7, 11) is 0. The zero-order chi connectivity index (χ0) is 16.9. The molecule has 3 rings (SSSR count). The van der Waals surface area contributed by atoms with E-state index in [9.17, 15) is 9.18 Å². The van der Waals surface area contributed by atoms with Gasteiger partial charge in [0.15, 0.2) is 0 Å². The number of amides is 1. The van der Waals surface area contributed by atoms with E-state index in [4.69, 9.17) is 9.47 Å². The molecule has 0 aliphatic carbocycles. The molecule has 4 nitrogen and oxygen atoms in total. The van der Waals surface area contributed by atoms with Crippen molar-refractivity contribution in [3.8, 4) is 5.75 Å². The molecule has 1 fully saturated rings. The molecule has 1 atom stereocenters. The molecule has 5 heteroatoms. The van der Waals surface area contributed by atoms with Crippen molar-refractivity contribution >= 4 is 11.6 Å². The Kier molecular flexibility index (Phi) is 5.11. The lowest BCUT2D eigenvalue weighted by Crippen LogP contribution is -2.14. The summed E-state index contributed by atoms with van der Waals surface area (Å²) in [6.07, 6.45) is 1.02. The Hall–Kier alpha value is -2.40. The number of nitrogens with one attached hydrogen (secondary N) is 1. The van der Waals surface area contributed by atoms with E-state index >= 15 is 0 Å². The maximum Gasteiger partial charge on any atom is 0.258 e. The van der Waals surface area contributed by atoms with Crippen LogP contribution in [0, 0.1) is 18.7 Å². The molecule has 1 heterocycles. The predicted molar refractivity (Wildman–Crippen MR) is 90.0 cm³/mol. The van der Waals surface area contributed by atoms with Crippen LogP contribution in [0.3, 0.4) is 0 Å². The third-order valence-electron chi connectivity index (χ3n) is 4.06. The van der Waals surface area contributed by atoms with Crippen molar-refractivity contribution in [1.82, 2.24) is 0 Å². The average Bonchev–Trinajstić information content (AvgIpc) is 3.10. The predicted octanol–water partition coefficient (Wildman–Crippen LogP) is 3.80. The SMILES string of the molecule is Cc1cccc(C(=O)Nc2ccc(OC[C@H]3CCOC3)cc2)c1F. The fraction of sp³-hybridized carbons (Fsp3) is 0.316. The minimum absolute atomic E-state index is 0.0385. The number of anilines is 1. The molecule has 0 unspecified atom stereocenters. The molecule has 1 aliphatic heterocycles. The first-order valence-electron chi connectivity index (χ1n) is 8.00. The Labute approximate surface area is 140 Å². The normalized spacial score (nSPS) is 16.8. The second-order valence-electron chi connectivity index (χ2n) is 5.96. The van der Waals surface area contributed by atoms with Gasteiger partial charge in [-0.1, -0.05) is 12.1 Å². The summed E-state index contributed by atoms with van der Waals surface area (Å²) in [6.45, 7) is 3.80. The summed E-state index contributed by atoms with van der Waals surface area (Å²) < 4.78 is 25.0. The van der Waals surface area contributed by atoms with Crippen molar-refractivity contribution in [3.05, 3.63) is 59.4 Å². The largest absolute Gasteiger partial charge is 0.493 e. The monoisotopic (exact) mass is 329 g/mol. The van der Waals surface area contributed by atoms with Gasteiger partial charge in [-0.2, -0.15) is 0 Å². The van der Waals surface area contributed by atoms with E-state index in [0.717, 1.165) is 25.4 Å². The van der Waals surface area contributed by atoms with Crippen LogP contribution >= 0.6 is 0 Å². The van der Waals surface area contributed by atoms with E-state index < -0.39 is 11.7 Å². The van der Waals surface area contributed by atoms with Crippen molar-refractivity contribution in [1.29, 1.82) is 0 Å². The van der Waals surface area contributed by atoms with E-state index in [1.807, 2.05) is 0 Å². The first-order valence-corrected chi connectivity index (χ1v) is 8.00. The number of rotatable bonds is 5. The van der Waals surface area contributed by atoms with Gasteiger partial charge in [0, 0.05) is 18.2 Å². The van der Waals surface area contributed by atoms with Gasteiger partial charge in [0.2, 0.25) is 0 Å². The average molecular weight is 329 g/mol. The highest BCUT2D eigenvalue weighted by Crippen LogP contribution is 2.20. The van der Waals surface area contributed by atoms with Gasteiger partial charge >= 0.3 is 0 Å². The number of halogens is 1. The Morgan fingerprint density at radius 3 is 2.79 bits per heavy atom. The van der Waals surface area contributed by atoms with Gasteiger partial charge in [0.25, 0.3) is 5.91 Å². The Morgan fingerprint density at radius 2 is 2.08 bits per heavy atom. The smallest absolute Gasteiger partial charge is 0.258 e. The van der Waals surface area contributed by atoms with Gasteiger partial charge in [0.05, 0.1) is 18.8 Å². The molecule has 0 spiro atoms. The van der Waals surface area contributed by atoms with Gasteiger partial charge in [-0.15, -0.1) is 0 Å². The van der Waals surface area contributed by atoms with Gasteiger partial charge in [-0.05, 0) is 49.2 Å². The van der Waals surface area contributed by atoms with Crippen LogP contribution in [0.5, 0.6) is 5.75 Å². The Morgan fingerprint density at radius 1 is 1.29 bits per heavy atom. The maximum absolute atomic E-state index is 14.0. The van der Waals surface area contributed by atoms with E-state index in [1.54, 1.807) is 43.3 Å². The molecule has 1 N–H and O–H groups in total. The second kappa shape index (κ2) is 7.45. The highest BCUT2D eigenvalue weighted by molar-refractivity contribution is 6.04. The summed E-state index contributed by atoms with van der Waals surface area (Å²) in [5, 5.41) is 2.70. The highest BCUT2D eigenvalue weighted by atomic mass is 19.1. The van der Waals surface area contributed by atoms with Crippen LogP contribution in [0.4, 0.5) is 10.1 Å². The molecular weight excluding hydrogens is 309 g/mol. The molecule has 2 aromatic rings. The van der Waals surface area contributed by atoms with Gasteiger partial charge in [0.1, 0.15) is 11.6 Å². The summed E-state index contributed by atoms with van der Waals surface area (Å²) in [6, 6.07) is 11.8. The van der Waals surface area contributed by atoms with Crippen LogP contribution in [0.1, 0.15) is 22.3 Å². The van der Waals surface area contributed by atoms with Crippen LogP contribution in [0.15, 0.2) is 42.5 Å². The maximum atomic E-state index is 14.0. The Balaban J connectivity index is 1.59. The first-order chi connectivity index (χ1) is 11.6. The molecule has 2 aromatic carbocycles. The fourth-order valence-electron chi connectivity index (χ4n) is 2.58. The minimum atomic E-state index is -0.492. The molecule has 0 saturated carbocycles. The number of carbonyl (C=O) groups excluding carboxylic acids is 1. The topological polar surface area (TPSA) is 47.6 Å². The van der Waals surface area contributed by atoms with E-state index in [1.165, 1.54) is 6.07 Å². The van der Waals surface area contributed by atoms with Crippen LogP contribution in [-0.2, 0) is 4.74 Å². The molecule has 126 valence electrons. The van der Waals surface area contributed by atoms with Crippen molar-refractivity contribution in [2.24, 2.45) is 5.92 Å². The van der Waals surface area contributed by atoms with Crippen LogP contribution < -0.4 is 10.1 Å². The summed E-state index contributed by atoms with van der Waals surface area (Å²) in [4.78, 5) is 12.2.